The number of rotatable bonds is 3. The summed E-state index contributed by atoms with van der Waals surface area (Å²) in [6.45, 7) is 11.3. The molecule has 2 saturated carbocycles. The lowest BCUT2D eigenvalue weighted by Gasteiger charge is -2.57. The maximum atomic E-state index is 12.4. The van der Waals surface area contributed by atoms with Crippen molar-refractivity contribution in [1.82, 2.24) is 0 Å². The molecule has 3 atom stereocenters. The molecule has 2 heteroatoms. The fourth-order valence-electron chi connectivity index (χ4n) is 5.47. The molecule has 0 unspecified atom stereocenters. The average Bonchev–Trinajstić information content (AvgIpc) is 2.88. The summed E-state index contributed by atoms with van der Waals surface area (Å²) >= 11 is 0. The summed E-state index contributed by atoms with van der Waals surface area (Å²) in [4.78, 5) is 12.4. The van der Waals surface area contributed by atoms with Gasteiger partial charge in [-0.1, -0.05) is 32.9 Å². The second-order valence-corrected chi connectivity index (χ2v) is 8.36. The van der Waals surface area contributed by atoms with Crippen molar-refractivity contribution in [2.45, 2.75) is 59.3 Å². The van der Waals surface area contributed by atoms with Crippen LogP contribution in [0.5, 0.6) is 0 Å². The van der Waals surface area contributed by atoms with E-state index in [1.54, 1.807) is 6.26 Å². The van der Waals surface area contributed by atoms with Crippen molar-refractivity contribution in [1.29, 1.82) is 0 Å². The number of hydrogen-bond donors (Lipinski definition) is 0. The summed E-state index contributed by atoms with van der Waals surface area (Å²) in [5.41, 5.74) is 2.81. The van der Waals surface area contributed by atoms with Crippen LogP contribution in [0.1, 0.15) is 58.4 Å². The fraction of sp³-hybridized carbons (Fsp3) is 0.650. The lowest BCUT2D eigenvalue weighted by atomic mass is 9.47. The highest BCUT2D eigenvalue weighted by Gasteiger charge is 2.54. The van der Waals surface area contributed by atoms with Crippen LogP contribution in [-0.4, -0.2) is 5.78 Å². The van der Waals surface area contributed by atoms with Gasteiger partial charge in [0.1, 0.15) is 5.78 Å². The summed E-state index contributed by atoms with van der Waals surface area (Å²) in [6, 6.07) is 2.04. The monoisotopic (exact) mass is 300 g/mol. The van der Waals surface area contributed by atoms with Gasteiger partial charge in [0.05, 0.1) is 12.5 Å². The van der Waals surface area contributed by atoms with Gasteiger partial charge in [0.25, 0.3) is 0 Å². The molecule has 2 nitrogen and oxygen atoms in total. The van der Waals surface area contributed by atoms with Crippen LogP contribution in [0.4, 0.5) is 0 Å². The van der Waals surface area contributed by atoms with Crippen LogP contribution in [0.2, 0.25) is 0 Å². The molecule has 2 fully saturated rings. The largest absolute Gasteiger partial charge is 0.472 e. The zero-order valence-corrected chi connectivity index (χ0v) is 14.2. The highest BCUT2D eigenvalue weighted by atomic mass is 16.3. The van der Waals surface area contributed by atoms with Crippen LogP contribution in [0, 0.1) is 22.7 Å². The molecule has 0 N–H and O–H groups in total. The van der Waals surface area contributed by atoms with E-state index in [9.17, 15) is 4.79 Å². The molecule has 2 aliphatic carbocycles. The molecule has 3 rings (SSSR count). The first-order valence-corrected chi connectivity index (χ1v) is 8.53. The van der Waals surface area contributed by atoms with E-state index in [1.165, 1.54) is 17.6 Å². The Morgan fingerprint density at radius 1 is 1.32 bits per heavy atom. The first-order chi connectivity index (χ1) is 10.3. The number of aryl methyl sites for hydroxylation is 1. The van der Waals surface area contributed by atoms with Crippen LogP contribution < -0.4 is 0 Å². The fourth-order valence-corrected chi connectivity index (χ4v) is 5.47. The number of ketones is 1. The third kappa shape index (κ3) is 2.57. The van der Waals surface area contributed by atoms with Crippen molar-refractivity contribution in [2.24, 2.45) is 22.7 Å². The minimum absolute atomic E-state index is 0.0813. The Morgan fingerprint density at radius 3 is 2.77 bits per heavy atom. The second-order valence-electron chi connectivity index (χ2n) is 8.36. The second kappa shape index (κ2) is 5.40. The summed E-state index contributed by atoms with van der Waals surface area (Å²) < 4.78 is 5.19. The SMILES string of the molecule is C=C1CC[C@@H]2C(C)(C)CC(=O)C[C@@]2(C)[C@@H]1CCc1ccoc1. The molecule has 120 valence electrons. The molecule has 0 radical (unpaired) electrons. The molecule has 22 heavy (non-hydrogen) atoms. The lowest BCUT2D eigenvalue weighted by Crippen LogP contribution is -2.52. The summed E-state index contributed by atoms with van der Waals surface area (Å²) in [7, 11) is 0. The van der Waals surface area contributed by atoms with Crippen LogP contribution in [0.3, 0.4) is 0 Å². The van der Waals surface area contributed by atoms with Gasteiger partial charge in [-0.3, -0.25) is 4.79 Å². The topological polar surface area (TPSA) is 30.2 Å². The van der Waals surface area contributed by atoms with Crippen molar-refractivity contribution in [3.05, 3.63) is 36.3 Å². The lowest BCUT2D eigenvalue weighted by molar-refractivity contribution is -0.138. The number of carbonyl (C=O) groups excluding carboxylic acids is 1. The normalized spacial score (nSPS) is 34.5. The number of hydrogen-bond acceptors (Lipinski definition) is 2. The van der Waals surface area contributed by atoms with Gasteiger partial charge in [0.2, 0.25) is 0 Å². The molecule has 0 amide bonds. The quantitative estimate of drug-likeness (QED) is 0.719. The Bertz CT molecular complexity index is 567. The minimum atomic E-state index is 0.0813. The Labute approximate surface area is 134 Å². The molecular formula is C20H28O2. The van der Waals surface area contributed by atoms with E-state index in [2.05, 4.69) is 27.4 Å². The molecule has 2 aliphatic rings. The van der Waals surface area contributed by atoms with Gasteiger partial charge in [-0.25, -0.2) is 0 Å². The zero-order chi connectivity index (χ0) is 16.0. The molecule has 0 saturated heterocycles. The first kappa shape index (κ1) is 15.6. The summed E-state index contributed by atoms with van der Waals surface area (Å²) in [5, 5.41) is 0. The van der Waals surface area contributed by atoms with E-state index >= 15 is 0 Å². The van der Waals surface area contributed by atoms with E-state index < -0.39 is 0 Å². The van der Waals surface area contributed by atoms with Crippen molar-refractivity contribution in [2.75, 3.05) is 0 Å². The number of Topliss-reactive ketones (excluding diaryl/α,β-unsaturated/α-hetero) is 1. The number of carbonyl (C=O) groups is 1. The smallest absolute Gasteiger partial charge is 0.134 e. The van der Waals surface area contributed by atoms with Gasteiger partial charge >= 0.3 is 0 Å². The number of fused-ring (bicyclic) bond motifs is 1. The molecule has 1 heterocycles. The van der Waals surface area contributed by atoms with E-state index in [0.717, 1.165) is 32.1 Å². The average molecular weight is 300 g/mol. The highest BCUT2D eigenvalue weighted by molar-refractivity contribution is 5.81. The van der Waals surface area contributed by atoms with E-state index in [0.29, 0.717) is 17.6 Å². The van der Waals surface area contributed by atoms with E-state index in [1.807, 2.05) is 12.3 Å². The Kier molecular flexibility index (Phi) is 3.82. The summed E-state index contributed by atoms with van der Waals surface area (Å²) in [5.74, 6) is 1.51. The van der Waals surface area contributed by atoms with Crippen molar-refractivity contribution >= 4 is 5.78 Å². The van der Waals surface area contributed by atoms with Crippen molar-refractivity contribution in [3.8, 4) is 0 Å². The maximum Gasteiger partial charge on any atom is 0.134 e. The van der Waals surface area contributed by atoms with Gasteiger partial charge in [-0.15, -0.1) is 0 Å². The zero-order valence-electron chi connectivity index (χ0n) is 14.2. The Morgan fingerprint density at radius 2 is 2.09 bits per heavy atom. The molecule has 1 aromatic rings. The molecule has 0 bridgehead atoms. The van der Waals surface area contributed by atoms with Crippen molar-refractivity contribution in [3.63, 3.8) is 0 Å². The first-order valence-electron chi connectivity index (χ1n) is 8.53. The van der Waals surface area contributed by atoms with Gasteiger partial charge in [0, 0.05) is 12.8 Å². The van der Waals surface area contributed by atoms with Crippen LogP contribution in [0.25, 0.3) is 0 Å². The molecule has 1 aromatic heterocycles. The molecular weight excluding hydrogens is 272 g/mol. The molecule has 0 spiro atoms. The predicted octanol–water partition coefficient (Wildman–Crippen LogP) is 5.19. The van der Waals surface area contributed by atoms with Crippen molar-refractivity contribution < 1.29 is 9.21 Å². The minimum Gasteiger partial charge on any atom is -0.472 e. The van der Waals surface area contributed by atoms with Crippen LogP contribution in [0.15, 0.2) is 35.2 Å². The third-order valence-corrected chi connectivity index (χ3v) is 6.31. The predicted molar refractivity (Wildman–Crippen MR) is 88.5 cm³/mol. The van der Waals surface area contributed by atoms with Gasteiger partial charge in [0.15, 0.2) is 0 Å². The summed E-state index contributed by atoms with van der Waals surface area (Å²) in [6.07, 6.45) is 9.45. The van der Waals surface area contributed by atoms with Gasteiger partial charge in [-0.05, 0) is 60.0 Å². The van der Waals surface area contributed by atoms with E-state index in [4.69, 9.17) is 4.42 Å². The highest BCUT2D eigenvalue weighted by Crippen LogP contribution is 2.60. The Hall–Kier alpha value is -1.31. The van der Waals surface area contributed by atoms with Crippen LogP contribution in [-0.2, 0) is 11.2 Å². The van der Waals surface area contributed by atoms with Crippen LogP contribution >= 0.6 is 0 Å². The third-order valence-electron chi connectivity index (χ3n) is 6.31. The number of allylic oxidation sites excluding steroid dienone is 1. The molecule has 0 aliphatic heterocycles. The Balaban J connectivity index is 1.86. The molecule has 0 aromatic carbocycles. The standard InChI is InChI=1S/C20H28O2/c1-14-5-8-18-19(2,3)11-16(21)12-20(18,4)17(14)7-6-15-9-10-22-13-15/h9-10,13,17-18H,1,5-8,11-12H2,2-4H3/t17-,18-,20+/m1/s1. The van der Waals surface area contributed by atoms with Gasteiger partial charge < -0.3 is 4.42 Å². The van der Waals surface area contributed by atoms with Gasteiger partial charge in [-0.2, -0.15) is 0 Å². The number of furan rings is 1. The maximum absolute atomic E-state index is 12.4. The van der Waals surface area contributed by atoms with E-state index in [-0.39, 0.29) is 10.8 Å².